The molecule has 3 rings (SSSR count). The van der Waals surface area contributed by atoms with E-state index in [2.05, 4.69) is 20.0 Å². The normalized spacial score (nSPS) is 12.6. The molecule has 0 aliphatic rings. The van der Waals surface area contributed by atoms with E-state index >= 15 is 0 Å². The largest absolute Gasteiger partial charge is 0.361 e. The molecule has 142 valence electrons. The molecule has 2 N–H and O–H groups in total. The van der Waals surface area contributed by atoms with Crippen LogP contribution >= 0.6 is 11.3 Å². The van der Waals surface area contributed by atoms with Crippen molar-refractivity contribution in [3.63, 3.8) is 0 Å². The summed E-state index contributed by atoms with van der Waals surface area (Å²) in [6.45, 7) is 3.88. The van der Waals surface area contributed by atoms with E-state index < -0.39 is 21.7 Å². The monoisotopic (exact) mass is 410 g/mol. The molecule has 1 unspecified atom stereocenters. The number of sulfonamides is 1. The van der Waals surface area contributed by atoms with Crippen molar-refractivity contribution in [2.24, 2.45) is 0 Å². The van der Waals surface area contributed by atoms with Gasteiger partial charge in [-0.15, -0.1) is 11.3 Å². The Morgan fingerprint density at radius 3 is 2.33 bits per heavy atom. The second-order valence-corrected chi connectivity index (χ2v) is 8.77. The number of halogens is 2. The number of hydrogen-bond donors (Lipinski definition) is 2. The van der Waals surface area contributed by atoms with E-state index in [1.165, 1.54) is 18.3 Å². The van der Waals surface area contributed by atoms with Gasteiger partial charge in [0.05, 0.1) is 11.7 Å². The molecule has 0 fully saturated rings. The van der Waals surface area contributed by atoms with E-state index in [9.17, 15) is 17.2 Å². The summed E-state index contributed by atoms with van der Waals surface area (Å²) in [6.07, 6.45) is 2.95. The Balaban J connectivity index is 1.73. The minimum absolute atomic E-state index is 0.0907. The lowest BCUT2D eigenvalue weighted by Crippen LogP contribution is -2.14. The fourth-order valence-electron chi connectivity index (χ4n) is 2.31. The lowest BCUT2D eigenvalue weighted by Gasteiger charge is -2.13. The number of aromatic nitrogens is 2. The fourth-order valence-corrected chi connectivity index (χ4v) is 4.07. The van der Waals surface area contributed by atoms with E-state index in [0.29, 0.717) is 11.9 Å². The average molecular weight is 410 g/mol. The van der Waals surface area contributed by atoms with Gasteiger partial charge in [-0.05, 0) is 38.1 Å². The summed E-state index contributed by atoms with van der Waals surface area (Å²) >= 11 is 1.56. The zero-order valence-electron chi connectivity index (χ0n) is 14.4. The SMILES string of the molecule is Cc1cnc(C(C)Nc2ccc(S(=O)(=O)Nc3cc(F)cc(F)c3)cn2)s1. The molecule has 0 spiro atoms. The topological polar surface area (TPSA) is 84.0 Å². The standard InChI is InChI=1S/C17H16F2N4O2S2/c1-10-8-21-17(26-10)11(2)22-16-4-3-15(9-20-16)27(24,25)23-14-6-12(18)5-13(19)7-14/h3-9,11,23H,1-2H3,(H,20,22). The van der Waals surface area contributed by atoms with Gasteiger partial charge in [0.25, 0.3) is 10.0 Å². The van der Waals surface area contributed by atoms with Crippen LogP contribution in [0.4, 0.5) is 20.3 Å². The van der Waals surface area contributed by atoms with Crippen LogP contribution in [0.25, 0.3) is 0 Å². The van der Waals surface area contributed by atoms with Gasteiger partial charge in [0.1, 0.15) is 27.4 Å². The average Bonchev–Trinajstić information content (AvgIpc) is 3.00. The molecule has 0 saturated heterocycles. The number of anilines is 2. The van der Waals surface area contributed by atoms with E-state index in [1.54, 1.807) is 17.5 Å². The van der Waals surface area contributed by atoms with E-state index in [1.807, 2.05) is 13.8 Å². The molecule has 0 aliphatic heterocycles. The molecule has 0 amide bonds. The Hall–Kier alpha value is -2.59. The van der Waals surface area contributed by atoms with Crippen molar-refractivity contribution < 1.29 is 17.2 Å². The van der Waals surface area contributed by atoms with Gasteiger partial charge >= 0.3 is 0 Å². The highest BCUT2D eigenvalue weighted by Gasteiger charge is 2.17. The maximum absolute atomic E-state index is 13.2. The summed E-state index contributed by atoms with van der Waals surface area (Å²) < 4.78 is 53.3. The molecule has 2 heterocycles. The number of benzene rings is 1. The third-order valence-electron chi connectivity index (χ3n) is 3.54. The Morgan fingerprint density at radius 1 is 1.07 bits per heavy atom. The summed E-state index contributed by atoms with van der Waals surface area (Å²) in [5.74, 6) is -1.28. The first-order valence-electron chi connectivity index (χ1n) is 7.87. The Bertz CT molecular complexity index is 1030. The zero-order valence-corrected chi connectivity index (χ0v) is 16.0. The zero-order chi connectivity index (χ0) is 19.6. The number of pyridine rings is 1. The van der Waals surface area contributed by atoms with Gasteiger partial charge < -0.3 is 5.32 Å². The van der Waals surface area contributed by atoms with Gasteiger partial charge in [-0.25, -0.2) is 27.2 Å². The van der Waals surface area contributed by atoms with Crippen molar-refractivity contribution in [1.29, 1.82) is 0 Å². The molecule has 0 saturated carbocycles. The number of rotatable bonds is 6. The minimum Gasteiger partial charge on any atom is -0.361 e. The van der Waals surface area contributed by atoms with Crippen LogP contribution in [0.3, 0.4) is 0 Å². The summed E-state index contributed by atoms with van der Waals surface area (Å²) in [6, 6.07) is 5.21. The molecule has 3 aromatic rings. The third kappa shape index (κ3) is 4.77. The summed E-state index contributed by atoms with van der Waals surface area (Å²) in [7, 11) is -4.02. The second-order valence-electron chi connectivity index (χ2n) is 5.82. The smallest absolute Gasteiger partial charge is 0.263 e. The van der Waals surface area contributed by atoms with Crippen LogP contribution in [0, 0.1) is 18.6 Å². The lowest BCUT2D eigenvalue weighted by atomic mass is 10.3. The van der Waals surface area contributed by atoms with Crippen molar-refractivity contribution in [3.05, 3.63) is 64.2 Å². The van der Waals surface area contributed by atoms with Crippen LogP contribution in [-0.4, -0.2) is 18.4 Å². The first-order valence-corrected chi connectivity index (χ1v) is 10.2. The van der Waals surface area contributed by atoms with Crippen molar-refractivity contribution in [2.75, 3.05) is 10.0 Å². The Labute approximate surface area is 159 Å². The van der Waals surface area contributed by atoms with Crippen LogP contribution in [-0.2, 0) is 10.0 Å². The Kier molecular flexibility index (Phi) is 5.38. The van der Waals surface area contributed by atoms with Gasteiger partial charge in [-0.2, -0.15) is 0 Å². The van der Waals surface area contributed by atoms with Crippen molar-refractivity contribution in [2.45, 2.75) is 24.8 Å². The predicted octanol–water partition coefficient (Wildman–Crippen LogP) is 4.10. The highest BCUT2D eigenvalue weighted by Crippen LogP contribution is 2.23. The molecule has 0 bridgehead atoms. The van der Waals surface area contributed by atoms with E-state index in [4.69, 9.17) is 0 Å². The molecule has 6 nitrogen and oxygen atoms in total. The molecule has 2 aromatic heterocycles. The molecule has 0 radical (unpaired) electrons. The summed E-state index contributed by atoms with van der Waals surface area (Å²) in [4.78, 5) is 9.34. The summed E-state index contributed by atoms with van der Waals surface area (Å²) in [5.41, 5.74) is -0.206. The Morgan fingerprint density at radius 2 is 1.78 bits per heavy atom. The number of nitrogens with one attached hydrogen (secondary N) is 2. The van der Waals surface area contributed by atoms with Crippen molar-refractivity contribution in [1.82, 2.24) is 9.97 Å². The van der Waals surface area contributed by atoms with Crippen LogP contribution in [0.1, 0.15) is 22.9 Å². The third-order valence-corrected chi connectivity index (χ3v) is 6.00. The van der Waals surface area contributed by atoms with Crippen LogP contribution in [0.5, 0.6) is 0 Å². The molecule has 27 heavy (non-hydrogen) atoms. The van der Waals surface area contributed by atoms with Gasteiger partial charge in [-0.1, -0.05) is 0 Å². The molecule has 1 atom stereocenters. The molecule has 0 aliphatic carbocycles. The maximum atomic E-state index is 13.2. The number of thiazole rings is 1. The first-order chi connectivity index (χ1) is 12.7. The van der Waals surface area contributed by atoms with Gasteiger partial charge in [-0.3, -0.25) is 4.72 Å². The minimum atomic E-state index is -4.02. The van der Waals surface area contributed by atoms with Gasteiger partial charge in [0.15, 0.2) is 0 Å². The molecule has 10 heteroatoms. The lowest BCUT2D eigenvalue weighted by molar-refractivity contribution is 0.584. The quantitative estimate of drug-likeness (QED) is 0.639. The highest BCUT2D eigenvalue weighted by atomic mass is 32.2. The van der Waals surface area contributed by atoms with Crippen molar-refractivity contribution >= 4 is 32.9 Å². The number of nitrogens with zero attached hydrogens (tertiary/aromatic N) is 2. The second kappa shape index (κ2) is 7.57. The van der Waals surface area contributed by atoms with Crippen LogP contribution in [0.2, 0.25) is 0 Å². The molecular formula is C17H16F2N4O2S2. The van der Waals surface area contributed by atoms with Gasteiger partial charge in [0, 0.05) is 23.3 Å². The van der Waals surface area contributed by atoms with Crippen LogP contribution in [0.15, 0.2) is 47.6 Å². The van der Waals surface area contributed by atoms with Crippen LogP contribution < -0.4 is 10.0 Å². The highest BCUT2D eigenvalue weighted by molar-refractivity contribution is 7.92. The molecular weight excluding hydrogens is 394 g/mol. The van der Waals surface area contributed by atoms with E-state index in [0.717, 1.165) is 22.0 Å². The maximum Gasteiger partial charge on any atom is 0.263 e. The number of aryl methyl sites for hydroxylation is 1. The molecule has 1 aromatic carbocycles. The first kappa shape index (κ1) is 19.2. The summed E-state index contributed by atoms with van der Waals surface area (Å²) in [5, 5.41) is 4.03. The predicted molar refractivity (Wildman–Crippen MR) is 100 cm³/mol. The number of hydrogen-bond acceptors (Lipinski definition) is 6. The van der Waals surface area contributed by atoms with Gasteiger partial charge in [0.2, 0.25) is 0 Å². The van der Waals surface area contributed by atoms with E-state index in [-0.39, 0.29) is 16.6 Å². The van der Waals surface area contributed by atoms with Crippen molar-refractivity contribution in [3.8, 4) is 0 Å². The fraction of sp³-hybridized carbons (Fsp3) is 0.176.